The summed E-state index contributed by atoms with van der Waals surface area (Å²) in [6.45, 7) is 6.42. The van der Waals surface area contributed by atoms with Crippen molar-refractivity contribution in [2.45, 2.75) is 33.2 Å². The summed E-state index contributed by atoms with van der Waals surface area (Å²) >= 11 is 6.67. The van der Waals surface area contributed by atoms with Gasteiger partial charge >= 0.3 is 0 Å². The quantitative estimate of drug-likeness (QED) is 0.661. The largest absolute Gasteiger partial charge is 0.310 e. The van der Waals surface area contributed by atoms with Crippen molar-refractivity contribution in [3.63, 3.8) is 0 Å². The minimum atomic E-state index is 0.00737. The fourth-order valence-corrected chi connectivity index (χ4v) is 4.13. The summed E-state index contributed by atoms with van der Waals surface area (Å²) in [7, 11) is 0. The van der Waals surface area contributed by atoms with Gasteiger partial charge in [-0.2, -0.15) is 5.10 Å². The number of pyridine rings is 1. The van der Waals surface area contributed by atoms with E-state index in [1.54, 1.807) is 10.9 Å². The van der Waals surface area contributed by atoms with Gasteiger partial charge in [0.15, 0.2) is 0 Å². The van der Waals surface area contributed by atoms with Crippen LogP contribution in [0.3, 0.4) is 0 Å². The van der Waals surface area contributed by atoms with Crippen molar-refractivity contribution in [2.24, 2.45) is 5.92 Å². The van der Waals surface area contributed by atoms with Crippen LogP contribution in [0.2, 0.25) is 5.15 Å². The molecule has 0 unspecified atom stereocenters. The summed E-state index contributed by atoms with van der Waals surface area (Å²) in [4.78, 5) is 19.2. The van der Waals surface area contributed by atoms with Gasteiger partial charge in [0.25, 0.3) is 0 Å². The maximum Gasteiger partial charge on any atom is 0.228 e. The lowest BCUT2D eigenvalue weighted by Crippen LogP contribution is -2.38. The predicted molar refractivity (Wildman–Crippen MR) is 119 cm³/mol. The molecular weight excluding hydrogens is 398 g/mol. The maximum absolute atomic E-state index is 12.6. The number of likely N-dealkylation sites (tertiary alicyclic amines) is 1. The van der Waals surface area contributed by atoms with E-state index in [2.05, 4.69) is 20.3 Å². The van der Waals surface area contributed by atoms with E-state index in [-0.39, 0.29) is 11.8 Å². The minimum Gasteiger partial charge on any atom is -0.310 e. The Bertz CT molecular complexity index is 1010. The van der Waals surface area contributed by atoms with Crippen molar-refractivity contribution < 1.29 is 4.79 Å². The van der Waals surface area contributed by atoms with E-state index in [4.69, 9.17) is 11.6 Å². The van der Waals surface area contributed by atoms with E-state index >= 15 is 0 Å². The van der Waals surface area contributed by atoms with Crippen LogP contribution in [0.15, 0.2) is 48.7 Å². The number of aryl methyl sites for hydroxylation is 2. The number of amides is 1. The van der Waals surface area contributed by atoms with Crippen molar-refractivity contribution in [1.29, 1.82) is 0 Å². The molecule has 1 amide bonds. The summed E-state index contributed by atoms with van der Waals surface area (Å²) < 4.78 is 1.79. The van der Waals surface area contributed by atoms with Gasteiger partial charge in [-0.15, -0.1) is 0 Å². The fraction of sp³-hybridized carbons (Fsp3) is 0.348. The molecule has 0 radical (unpaired) electrons. The maximum atomic E-state index is 12.6. The molecule has 0 aliphatic carbocycles. The molecule has 3 aromatic rings. The summed E-state index contributed by atoms with van der Waals surface area (Å²) in [6, 6.07) is 13.7. The van der Waals surface area contributed by atoms with Gasteiger partial charge in [-0.25, -0.2) is 9.67 Å². The number of piperidine rings is 1. The summed E-state index contributed by atoms with van der Waals surface area (Å²) in [5.41, 5.74) is 4.02. The Labute approximate surface area is 181 Å². The molecule has 1 fully saturated rings. The second-order valence-corrected chi connectivity index (χ2v) is 8.22. The molecule has 3 heterocycles. The average Bonchev–Trinajstić information content (AvgIpc) is 3.05. The third-order valence-electron chi connectivity index (χ3n) is 5.63. The van der Waals surface area contributed by atoms with Crippen molar-refractivity contribution in [1.82, 2.24) is 19.7 Å². The lowest BCUT2D eigenvalue weighted by atomic mass is 9.95. The van der Waals surface area contributed by atoms with Gasteiger partial charge in [-0.05, 0) is 63.5 Å². The fourth-order valence-electron chi connectivity index (χ4n) is 3.80. The highest BCUT2D eigenvalue weighted by molar-refractivity contribution is 6.30. The van der Waals surface area contributed by atoms with Gasteiger partial charge in [0, 0.05) is 24.2 Å². The number of nitrogens with zero attached hydrogens (tertiary/aromatic N) is 4. The minimum absolute atomic E-state index is 0.00737. The summed E-state index contributed by atoms with van der Waals surface area (Å²) in [5, 5.41) is 8.23. The molecule has 6 nitrogen and oxygen atoms in total. The van der Waals surface area contributed by atoms with Crippen molar-refractivity contribution in [3.8, 4) is 5.69 Å². The SMILES string of the molecule is Cc1ccc(NC(=O)C2CCN(Cc3c(C)nn(-c4ccccc4)c3Cl)CC2)nc1. The van der Waals surface area contributed by atoms with E-state index in [9.17, 15) is 4.79 Å². The monoisotopic (exact) mass is 423 g/mol. The number of carbonyl (C=O) groups is 1. The molecule has 1 N–H and O–H groups in total. The number of nitrogens with one attached hydrogen (secondary N) is 1. The molecule has 7 heteroatoms. The summed E-state index contributed by atoms with van der Waals surface area (Å²) in [6.07, 6.45) is 3.41. The molecule has 1 aliphatic rings. The molecule has 30 heavy (non-hydrogen) atoms. The van der Waals surface area contributed by atoms with Gasteiger partial charge in [0.05, 0.1) is 11.4 Å². The zero-order chi connectivity index (χ0) is 21.1. The van der Waals surface area contributed by atoms with Crippen LogP contribution in [0.4, 0.5) is 5.82 Å². The van der Waals surface area contributed by atoms with E-state index in [0.29, 0.717) is 11.0 Å². The lowest BCUT2D eigenvalue weighted by molar-refractivity contribution is -0.121. The Kier molecular flexibility index (Phi) is 6.16. The number of para-hydroxylation sites is 1. The molecule has 0 saturated carbocycles. The number of hydrogen-bond acceptors (Lipinski definition) is 4. The molecule has 1 saturated heterocycles. The molecular formula is C23H26ClN5O. The first-order valence-corrected chi connectivity index (χ1v) is 10.6. The van der Waals surface area contributed by atoms with E-state index in [1.165, 1.54) is 0 Å². The number of rotatable bonds is 5. The Balaban J connectivity index is 1.35. The highest BCUT2D eigenvalue weighted by Crippen LogP contribution is 2.27. The van der Waals surface area contributed by atoms with Crippen LogP contribution in [-0.2, 0) is 11.3 Å². The number of hydrogen-bond donors (Lipinski definition) is 1. The molecule has 0 bridgehead atoms. The third kappa shape index (κ3) is 4.55. The van der Waals surface area contributed by atoms with E-state index < -0.39 is 0 Å². The van der Waals surface area contributed by atoms with Crippen molar-refractivity contribution in [3.05, 3.63) is 70.6 Å². The first-order chi connectivity index (χ1) is 14.5. The van der Waals surface area contributed by atoms with E-state index in [0.717, 1.165) is 55.0 Å². The molecule has 2 aromatic heterocycles. The Morgan fingerprint density at radius 1 is 1.13 bits per heavy atom. The molecule has 156 valence electrons. The zero-order valence-corrected chi connectivity index (χ0v) is 18.1. The summed E-state index contributed by atoms with van der Waals surface area (Å²) in [5.74, 6) is 0.675. The number of anilines is 1. The van der Waals surface area contributed by atoms with Crippen LogP contribution in [-0.4, -0.2) is 38.7 Å². The Hall–Kier alpha value is -2.70. The molecule has 0 atom stereocenters. The molecule has 1 aliphatic heterocycles. The second kappa shape index (κ2) is 8.98. The second-order valence-electron chi connectivity index (χ2n) is 7.86. The number of halogens is 1. The van der Waals surface area contributed by atoms with Gasteiger partial charge in [-0.3, -0.25) is 9.69 Å². The first kappa shape index (κ1) is 20.6. The van der Waals surface area contributed by atoms with Crippen LogP contribution in [0.1, 0.15) is 29.7 Å². The van der Waals surface area contributed by atoms with Crippen molar-refractivity contribution in [2.75, 3.05) is 18.4 Å². The predicted octanol–water partition coefficient (Wildman–Crippen LogP) is 4.39. The molecule has 4 rings (SSSR count). The topological polar surface area (TPSA) is 63.1 Å². The van der Waals surface area contributed by atoms with Crippen LogP contribution in [0, 0.1) is 19.8 Å². The number of benzene rings is 1. The number of aromatic nitrogens is 3. The Morgan fingerprint density at radius 3 is 2.53 bits per heavy atom. The number of carbonyl (C=O) groups excluding carboxylic acids is 1. The van der Waals surface area contributed by atoms with Gasteiger partial charge < -0.3 is 5.32 Å². The Morgan fingerprint density at radius 2 is 1.87 bits per heavy atom. The highest BCUT2D eigenvalue weighted by Gasteiger charge is 2.27. The average molecular weight is 424 g/mol. The van der Waals surface area contributed by atoms with Crippen LogP contribution in [0.5, 0.6) is 0 Å². The molecule has 1 aromatic carbocycles. The van der Waals surface area contributed by atoms with Gasteiger partial charge in [0.2, 0.25) is 5.91 Å². The third-order valence-corrected chi connectivity index (χ3v) is 6.01. The normalized spacial score (nSPS) is 15.3. The van der Waals surface area contributed by atoms with Crippen LogP contribution < -0.4 is 5.32 Å². The van der Waals surface area contributed by atoms with Crippen LogP contribution >= 0.6 is 11.6 Å². The first-order valence-electron chi connectivity index (χ1n) is 10.3. The van der Waals surface area contributed by atoms with Gasteiger partial charge in [-0.1, -0.05) is 35.9 Å². The smallest absolute Gasteiger partial charge is 0.228 e. The van der Waals surface area contributed by atoms with Gasteiger partial charge in [0.1, 0.15) is 11.0 Å². The highest BCUT2D eigenvalue weighted by atomic mass is 35.5. The standard InChI is InChI=1S/C23H26ClN5O/c1-16-8-9-21(25-14-16)26-23(30)18-10-12-28(13-11-18)15-20-17(2)27-29(22(20)24)19-6-4-3-5-7-19/h3-9,14,18H,10-13,15H2,1-2H3,(H,25,26,30). The van der Waals surface area contributed by atoms with Crippen molar-refractivity contribution >= 4 is 23.3 Å². The zero-order valence-electron chi connectivity index (χ0n) is 17.3. The van der Waals surface area contributed by atoms with E-state index in [1.807, 2.05) is 56.3 Å². The molecule has 0 spiro atoms. The van der Waals surface area contributed by atoms with Crippen LogP contribution in [0.25, 0.3) is 5.69 Å². The lowest BCUT2D eigenvalue weighted by Gasteiger charge is -2.31.